The van der Waals surface area contributed by atoms with Crippen LogP contribution in [-0.2, 0) is 11.3 Å². The van der Waals surface area contributed by atoms with E-state index < -0.39 is 4.92 Å². The Labute approximate surface area is 112 Å². The van der Waals surface area contributed by atoms with Crippen LogP contribution >= 0.6 is 0 Å². The van der Waals surface area contributed by atoms with Crippen molar-refractivity contribution in [2.45, 2.75) is 38.7 Å². The van der Waals surface area contributed by atoms with E-state index in [0.29, 0.717) is 12.5 Å². The fraction of sp³-hybridized carbons (Fsp3) is 0.571. The van der Waals surface area contributed by atoms with E-state index >= 15 is 0 Å². The number of rotatable bonds is 5. The quantitative estimate of drug-likeness (QED) is 0.503. The Balaban J connectivity index is 1.85. The molecule has 5 heteroatoms. The van der Waals surface area contributed by atoms with E-state index in [1.165, 1.54) is 38.2 Å². The average molecular weight is 264 g/mol. The third-order valence-electron chi connectivity index (χ3n) is 3.64. The largest absolute Gasteiger partial charge is 0.393 e. The molecule has 5 nitrogen and oxygen atoms in total. The minimum atomic E-state index is -0.458. The van der Waals surface area contributed by atoms with Crippen molar-refractivity contribution in [3.05, 3.63) is 33.9 Å². The number of benzene rings is 1. The molecule has 1 aliphatic rings. The van der Waals surface area contributed by atoms with Gasteiger partial charge in [-0.3, -0.25) is 10.1 Å². The molecule has 0 bridgehead atoms. The molecule has 1 fully saturated rings. The van der Waals surface area contributed by atoms with Gasteiger partial charge in [-0.05, 0) is 30.4 Å². The van der Waals surface area contributed by atoms with E-state index in [1.807, 2.05) is 0 Å². The lowest BCUT2D eigenvalue weighted by molar-refractivity contribution is -0.384. The summed E-state index contributed by atoms with van der Waals surface area (Å²) < 4.78 is 5.67. The van der Waals surface area contributed by atoms with E-state index in [-0.39, 0.29) is 11.4 Å². The van der Waals surface area contributed by atoms with E-state index in [2.05, 4.69) is 0 Å². The highest BCUT2D eigenvalue weighted by molar-refractivity contribution is 5.59. The Morgan fingerprint density at radius 2 is 2.05 bits per heavy atom. The number of nitrogens with zero attached hydrogens (tertiary/aromatic N) is 1. The molecule has 0 spiro atoms. The Morgan fingerprint density at radius 3 is 2.74 bits per heavy atom. The summed E-state index contributed by atoms with van der Waals surface area (Å²) in [5.41, 5.74) is 6.51. The highest BCUT2D eigenvalue weighted by Crippen LogP contribution is 2.25. The number of nitrogen functional groups attached to an aromatic ring is 1. The first kappa shape index (κ1) is 13.8. The van der Waals surface area contributed by atoms with Crippen LogP contribution in [0.4, 0.5) is 11.4 Å². The second-order valence-corrected chi connectivity index (χ2v) is 5.17. The smallest absolute Gasteiger partial charge is 0.292 e. The maximum atomic E-state index is 10.8. The lowest BCUT2D eigenvalue weighted by atomic mass is 9.90. The van der Waals surface area contributed by atoms with Crippen molar-refractivity contribution in [2.24, 2.45) is 5.92 Å². The summed E-state index contributed by atoms with van der Waals surface area (Å²) in [5, 5.41) is 10.8. The molecule has 2 rings (SSSR count). The van der Waals surface area contributed by atoms with Crippen molar-refractivity contribution in [3.63, 3.8) is 0 Å². The third-order valence-corrected chi connectivity index (χ3v) is 3.64. The van der Waals surface area contributed by atoms with Gasteiger partial charge in [0.05, 0.1) is 11.5 Å². The van der Waals surface area contributed by atoms with Crippen LogP contribution in [0.1, 0.15) is 37.7 Å². The summed E-state index contributed by atoms with van der Waals surface area (Å²) >= 11 is 0. The normalized spacial score (nSPS) is 16.4. The van der Waals surface area contributed by atoms with Gasteiger partial charge >= 0.3 is 0 Å². The van der Waals surface area contributed by atoms with Crippen LogP contribution < -0.4 is 5.73 Å². The van der Waals surface area contributed by atoms with Crippen molar-refractivity contribution in [3.8, 4) is 0 Å². The van der Waals surface area contributed by atoms with Crippen molar-refractivity contribution in [2.75, 3.05) is 12.3 Å². The fourth-order valence-electron chi connectivity index (χ4n) is 2.53. The molecule has 2 N–H and O–H groups in total. The highest BCUT2D eigenvalue weighted by Gasteiger charge is 2.14. The first-order valence-electron chi connectivity index (χ1n) is 6.77. The molecule has 0 radical (unpaired) electrons. The molecular weight excluding hydrogens is 244 g/mol. The van der Waals surface area contributed by atoms with Crippen LogP contribution in [0.25, 0.3) is 0 Å². The van der Waals surface area contributed by atoms with Gasteiger partial charge in [0.15, 0.2) is 0 Å². The van der Waals surface area contributed by atoms with Crippen LogP contribution in [0.2, 0.25) is 0 Å². The first-order chi connectivity index (χ1) is 9.16. The molecule has 1 aliphatic carbocycles. The van der Waals surface area contributed by atoms with Gasteiger partial charge in [-0.25, -0.2) is 0 Å². The summed E-state index contributed by atoms with van der Waals surface area (Å²) in [4.78, 5) is 10.3. The van der Waals surface area contributed by atoms with Crippen LogP contribution in [0.3, 0.4) is 0 Å². The van der Waals surface area contributed by atoms with Gasteiger partial charge < -0.3 is 10.5 Å². The molecule has 1 aromatic carbocycles. The molecule has 0 saturated heterocycles. The topological polar surface area (TPSA) is 78.4 Å². The Hall–Kier alpha value is -1.62. The molecule has 0 aliphatic heterocycles. The molecule has 0 amide bonds. The van der Waals surface area contributed by atoms with Gasteiger partial charge in [-0.15, -0.1) is 0 Å². The fourth-order valence-corrected chi connectivity index (χ4v) is 2.53. The Kier molecular flexibility index (Phi) is 4.74. The number of ether oxygens (including phenoxy) is 1. The number of nitro benzene ring substituents is 1. The van der Waals surface area contributed by atoms with E-state index in [0.717, 1.165) is 12.2 Å². The first-order valence-corrected chi connectivity index (χ1v) is 6.77. The van der Waals surface area contributed by atoms with E-state index in [1.54, 1.807) is 12.1 Å². The average Bonchev–Trinajstić information content (AvgIpc) is 2.41. The minimum absolute atomic E-state index is 0.0428. The zero-order valence-corrected chi connectivity index (χ0v) is 11.0. The van der Waals surface area contributed by atoms with Gasteiger partial charge in [-0.1, -0.05) is 25.3 Å². The summed E-state index contributed by atoms with van der Waals surface area (Å²) in [6, 6.07) is 4.84. The molecule has 19 heavy (non-hydrogen) atoms. The van der Waals surface area contributed by atoms with Crippen molar-refractivity contribution in [1.29, 1.82) is 0 Å². The van der Waals surface area contributed by atoms with Gasteiger partial charge in [0.25, 0.3) is 5.69 Å². The number of nitro groups is 1. The summed E-state index contributed by atoms with van der Waals surface area (Å²) in [5.74, 6) is 0.650. The second-order valence-electron chi connectivity index (χ2n) is 5.17. The van der Waals surface area contributed by atoms with Crippen LogP contribution in [0.5, 0.6) is 0 Å². The Bertz CT molecular complexity index is 442. The van der Waals surface area contributed by atoms with Crippen LogP contribution in [-0.4, -0.2) is 11.5 Å². The van der Waals surface area contributed by atoms with Gasteiger partial charge in [0, 0.05) is 12.7 Å². The summed E-state index contributed by atoms with van der Waals surface area (Å²) in [7, 11) is 0. The number of anilines is 1. The monoisotopic (exact) mass is 264 g/mol. The van der Waals surface area contributed by atoms with Gasteiger partial charge in [0.2, 0.25) is 0 Å². The Morgan fingerprint density at radius 1 is 1.32 bits per heavy atom. The lowest BCUT2D eigenvalue weighted by Gasteiger charge is -2.21. The standard InChI is InChI=1S/C14H20N2O3/c15-13-7-6-12(8-14(13)16(17)18)10-19-9-11-4-2-1-3-5-11/h6-8,11H,1-5,9-10,15H2. The molecule has 0 aromatic heterocycles. The molecule has 0 unspecified atom stereocenters. The van der Waals surface area contributed by atoms with Crippen molar-refractivity contribution < 1.29 is 9.66 Å². The number of hydrogen-bond acceptors (Lipinski definition) is 4. The second kappa shape index (κ2) is 6.52. The van der Waals surface area contributed by atoms with Gasteiger partial charge in [-0.2, -0.15) is 0 Å². The third kappa shape index (κ3) is 3.92. The van der Waals surface area contributed by atoms with Gasteiger partial charge in [0.1, 0.15) is 5.69 Å². The molecule has 1 aromatic rings. The molecule has 1 saturated carbocycles. The predicted octanol–water partition coefficient (Wildman–Crippen LogP) is 3.27. The maximum Gasteiger partial charge on any atom is 0.292 e. The van der Waals surface area contributed by atoms with Crippen molar-refractivity contribution >= 4 is 11.4 Å². The highest BCUT2D eigenvalue weighted by atomic mass is 16.6. The van der Waals surface area contributed by atoms with Crippen LogP contribution in [0.15, 0.2) is 18.2 Å². The lowest BCUT2D eigenvalue weighted by Crippen LogP contribution is -2.13. The predicted molar refractivity (Wildman–Crippen MR) is 73.7 cm³/mol. The van der Waals surface area contributed by atoms with E-state index in [4.69, 9.17) is 10.5 Å². The summed E-state index contributed by atoms with van der Waals surface area (Å²) in [6.45, 7) is 1.16. The number of nitrogens with two attached hydrogens (primary N) is 1. The zero-order valence-electron chi connectivity index (χ0n) is 11.0. The maximum absolute atomic E-state index is 10.8. The van der Waals surface area contributed by atoms with E-state index in [9.17, 15) is 10.1 Å². The minimum Gasteiger partial charge on any atom is -0.393 e. The molecule has 104 valence electrons. The summed E-state index contributed by atoms with van der Waals surface area (Å²) in [6.07, 6.45) is 6.40. The molecular formula is C14H20N2O3. The SMILES string of the molecule is Nc1ccc(COCC2CCCCC2)cc1[N+](=O)[O-]. The van der Waals surface area contributed by atoms with Crippen LogP contribution in [0, 0.1) is 16.0 Å². The molecule has 0 heterocycles. The zero-order chi connectivity index (χ0) is 13.7. The molecule has 0 atom stereocenters. The van der Waals surface area contributed by atoms with Crippen molar-refractivity contribution in [1.82, 2.24) is 0 Å². The number of hydrogen-bond donors (Lipinski definition) is 1.